The molecule has 0 spiro atoms. The lowest BCUT2D eigenvalue weighted by Crippen LogP contribution is -2.55. The monoisotopic (exact) mass is 758 g/mol. The number of imide groups is 2. The highest BCUT2D eigenvalue weighted by Gasteiger charge is 2.45. The topological polar surface area (TPSA) is 152 Å². The second-order valence-corrected chi connectivity index (χ2v) is 15.2. The van der Waals surface area contributed by atoms with Crippen molar-refractivity contribution in [2.75, 3.05) is 50.7 Å². The molecule has 280 valence electrons. The van der Waals surface area contributed by atoms with E-state index in [4.69, 9.17) is 16.7 Å². The first-order valence-electron chi connectivity index (χ1n) is 18.4. The molecule has 1 N–H and O–H groups in total. The van der Waals surface area contributed by atoms with Crippen LogP contribution >= 0.6 is 11.6 Å². The number of piperazine rings is 1. The Morgan fingerprint density at radius 3 is 2.35 bits per heavy atom. The van der Waals surface area contributed by atoms with Crippen LogP contribution in [0.5, 0.6) is 0 Å². The van der Waals surface area contributed by atoms with Crippen LogP contribution in [-0.2, 0) is 16.1 Å². The molecule has 1 atom stereocenters. The summed E-state index contributed by atoms with van der Waals surface area (Å²) in [6.07, 6.45) is 0.209. The van der Waals surface area contributed by atoms with Crippen LogP contribution < -0.4 is 10.2 Å². The van der Waals surface area contributed by atoms with Crippen molar-refractivity contribution in [1.82, 2.24) is 29.8 Å². The molecular formula is C41H39ClN8O5. The molecule has 5 amide bonds. The Morgan fingerprint density at radius 2 is 1.65 bits per heavy atom. The van der Waals surface area contributed by atoms with Gasteiger partial charge in [-0.25, -0.2) is 0 Å². The zero-order chi connectivity index (χ0) is 38.5. The number of carbonyl (C=O) groups is 5. The van der Waals surface area contributed by atoms with Crippen LogP contribution in [0.4, 0.5) is 5.69 Å². The van der Waals surface area contributed by atoms with E-state index in [1.807, 2.05) is 59.8 Å². The Bertz CT molecular complexity index is 2300. The molecule has 3 fully saturated rings. The average molecular weight is 759 g/mol. The van der Waals surface area contributed by atoms with E-state index in [0.29, 0.717) is 41.7 Å². The van der Waals surface area contributed by atoms with Crippen molar-refractivity contribution in [3.8, 4) is 17.3 Å². The maximum atomic E-state index is 13.4. The predicted molar refractivity (Wildman–Crippen MR) is 204 cm³/mol. The van der Waals surface area contributed by atoms with Gasteiger partial charge in [-0.3, -0.25) is 43.8 Å². The summed E-state index contributed by atoms with van der Waals surface area (Å²) in [6.45, 7) is 10.0. The minimum atomic E-state index is -0.982. The van der Waals surface area contributed by atoms with Gasteiger partial charge in [0.2, 0.25) is 11.8 Å². The van der Waals surface area contributed by atoms with Gasteiger partial charge in [0.15, 0.2) is 0 Å². The number of aromatic nitrogens is 2. The molecule has 4 aliphatic heterocycles. The second-order valence-electron chi connectivity index (χ2n) is 14.8. The van der Waals surface area contributed by atoms with E-state index in [9.17, 15) is 29.2 Å². The van der Waals surface area contributed by atoms with E-state index >= 15 is 0 Å². The van der Waals surface area contributed by atoms with Crippen LogP contribution in [0.1, 0.15) is 66.3 Å². The highest BCUT2D eigenvalue weighted by Crippen LogP contribution is 2.34. The zero-order valence-corrected chi connectivity index (χ0v) is 31.3. The van der Waals surface area contributed by atoms with Gasteiger partial charge in [0, 0.05) is 80.7 Å². The summed E-state index contributed by atoms with van der Waals surface area (Å²) in [6, 6.07) is 19.4. The summed E-state index contributed by atoms with van der Waals surface area (Å²) in [5, 5.41) is 16.7. The van der Waals surface area contributed by atoms with E-state index in [0.717, 1.165) is 71.4 Å². The quantitative estimate of drug-likeness (QED) is 0.263. The lowest BCUT2D eigenvalue weighted by Gasteiger charge is -2.45. The normalized spacial score (nSPS) is 19.0. The first-order valence-corrected chi connectivity index (χ1v) is 18.8. The first kappa shape index (κ1) is 36.2. The van der Waals surface area contributed by atoms with Crippen LogP contribution in [0.25, 0.3) is 11.3 Å². The summed E-state index contributed by atoms with van der Waals surface area (Å²) >= 11 is 6.29. The highest BCUT2D eigenvalue weighted by molar-refractivity contribution is 6.32. The summed E-state index contributed by atoms with van der Waals surface area (Å²) in [5.41, 5.74) is 7.28. The van der Waals surface area contributed by atoms with Crippen molar-refractivity contribution in [2.24, 2.45) is 5.92 Å². The maximum absolute atomic E-state index is 13.4. The van der Waals surface area contributed by atoms with Gasteiger partial charge in [0.25, 0.3) is 17.7 Å². The van der Waals surface area contributed by atoms with Crippen molar-refractivity contribution in [3.63, 3.8) is 0 Å². The molecule has 55 heavy (non-hydrogen) atoms. The molecule has 0 saturated carbocycles. The molecule has 14 heteroatoms. The van der Waals surface area contributed by atoms with Crippen molar-refractivity contribution in [1.29, 1.82) is 5.26 Å². The molecule has 4 aromatic rings. The van der Waals surface area contributed by atoms with E-state index in [-0.39, 0.29) is 29.9 Å². The number of benzene rings is 3. The van der Waals surface area contributed by atoms with Crippen LogP contribution in [0.2, 0.25) is 5.02 Å². The van der Waals surface area contributed by atoms with Gasteiger partial charge in [-0.2, -0.15) is 10.4 Å². The minimum absolute atomic E-state index is 0.0212. The van der Waals surface area contributed by atoms with Gasteiger partial charge in [0.05, 0.1) is 34.0 Å². The van der Waals surface area contributed by atoms with Crippen molar-refractivity contribution < 1.29 is 24.0 Å². The highest BCUT2D eigenvalue weighted by atomic mass is 35.5. The number of nitrogens with zero attached hydrogens (tertiary/aromatic N) is 7. The molecule has 1 unspecified atom stereocenters. The van der Waals surface area contributed by atoms with Crippen LogP contribution in [-0.4, -0.2) is 106 Å². The average Bonchev–Trinajstić information content (AvgIpc) is 3.59. The smallest absolute Gasteiger partial charge is 0.262 e. The van der Waals surface area contributed by atoms with Gasteiger partial charge in [-0.15, -0.1) is 0 Å². The Kier molecular flexibility index (Phi) is 9.48. The van der Waals surface area contributed by atoms with Crippen LogP contribution in [0.3, 0.4) is 0 Å². The number of fused-ring (bicyclic) bond motifs is 1. The number of amides is 5. The number of nitrogens with one attached hydrogen (secondary N) is 1. The number of rotatable bonds is 8. The van der Waals surface area contributed by atoms with Gasteiger partial charge in [-0.05, 0) is 73.9 Å². The Hall–Kier alpha value is -5.84. The number of hydrogen-bond acceptors (Lipinski definition) is 9. The molecule has 5 heterocycles. The summed E-state index contributed by atoms with van der Waals surface area (Å²) in [5.74, 6) is -1.57. The zero-order valence-electron chi connectivity index (χ0n) is 30.5. The third-order valence-corrected chi connectivity index (χ3v) is 11.6. The fourth-order valence-electron chi connectivity index (χ4n) is 7.98. The molecule has 3 saturated heterocycles. The number of halogens is 1. The van der Waals surface area contributed by atoms with E-state index in [2.05, 4.69) is 21.2 Å². The number of piperidine rings is 1. The van der Waals surface area contributed by atoms with Gasteiger partial charge < -0.3 is 9.80 Å². The lowest BCUT2D eigenvalue weighted by atomic mass is 9.97. The minimum Gasteiger partial charge on any atom is -0.371 e. The number of anilines is 1. The molecule has 13 nitrogen and oxygen atoms in total. The number of nitriles is 1. The predicted octanol–water partition coefficient (Wildman–Crippen LogP) is 4.04. The lowest BCUT2D eigenvalue weighted by molar-refractivity contribution is -0.136. The third-order valence-electron chi connectivity index (χ3n) is 11.3. The van der Waals surface area contributed by atoms with Gasteiger partial charge in [0.1, 0.15) is 12.1 Å². The SMILES string of the molecule is Cc1c(-c2ccc(C#N)c(Cl)c2)nn(Cc2ccc(C(=O)N3CCN(CC4CN(c5ccc6c(c5)C(=O)N(C5CCC(=O)NC5=O)C6=O)C4)CC3)cc2)c1C. The third kappa shape index (κ3) is 6.77. The Morgan fingerprint density at radius 1 is 0.927 bits per heavy atom. The molecule has 0 bridgehead atoms. The van der Waals surface area contributed by atoms with Gasteiger partial charge in [-0.1, -0.05) is 29.8 Å². The van der Waals surface area contributed by atoms with Crippen molar-refractivity contribution in [2.45, 2.75) is 39.3 Å². The largest absolute Gasteiger partial charge is 0.371 e. The second kappa shape index (κ2) is 14.4. The maximum Gasteiger partial charge on any atom is 0.262 e. The Balaban J connectivity index is 0.811. The van der Waals surface area contributed by atoms with Crippen LogP contribution in [0.15, 0.2) is 60.7 Å². The standard InChI is InChI=1S/C41H39ClN8O5/c1-24-25(2)49(45-37(24)29-7-8-30(19-43)34(42)17-29)23-26-3-5-28(6-4-26)39(53)47-15-13-46(14-16-47)20-27-21-48(22-27)31-9-10-32-33(18-31)41(55)50(40(32)54)35-11-12-36(51)44-38(35)52/h3-10,17-18,27,35H,11-16,20-23H2,1-2H3,(H,44,51,52). The molecular weight excluding hydrogens is 720 g/mol. The Labute approximate surface area is 323 Å². The summed E-state index contributed by atoms with van der Waals surface area (Å²) < 4.78 is 1.95. The molecule has 0 radical (unpaired) electrons. The van der Waals surface area contributed by atoms with E-state index in [1.54, 1.807) is 24.3 Å². The summed E-state index contributed by atoms with van der Waals surface area (Å²) in [7, 11) is 0. The number of hydrogen-bond donors (Lipinski definition) is 1. The molecule has 3 aromatic carbocycles. The fourth-order valence-corrected chi connectivity index (χ4v) is 8.20. The molecule has 1 aromatic heterocycles. The molecule has 4 aliphatic rings. The molecule has 0 aliphatic carbocycles. The van der Waals surface area contributed by atoms with E-state index < -0.39 is 29.7 Å². The molecule has 8 rings (SSSR count). The van der Waals surface area contributed by atoms with Crippen molar-refractivity contribution >= 4 is 46.8 Å². The number of carbonyl (C=O) groups excluding carboxylic acids is 5. The van der Waals surface area contributed by atoms with Crippen molar-refractivity contribution in [3.05, 3.63) is 105 Å². The van der Waals surface area contributed by atoms with E-state index in [1.165, 1.54) is 0 Å². The van der Waals surface area contributed by atoms with Gasteiger partial charge >= 0.3 is 0 Å². The van der Waals surface area contributed by atoms with Crippen LogP contribution in [0, 0.1) is 31.1 Å². The first-order chi connectivity index (χ1) is 26.5. The summed E-state index contributed by atoms with van der Waals surface area (Å²) in [4.78, 5) is 71.2. The fraction of sp³-hybridized carbons (Fsp3) is 0.341.